The number of amides is 1. The van der Waals surface area contributed by atoms with E-state index in [1.54, 1.807) is 10.7 Å². The molecule has 4 rings (SSSR count). The van der Waals surface area contributed by atoms with Gasteiger partial charge in [-0.2, -0.15) is 5.10 Å². The Hall–Kier alpha value is -3.53. The molecule has 1 amide bonds. The van der Waals surface area contributed by atoms with Gasteiger partial charge in [0.2, 0.25) is 5.76 Å². The number of carbonyl (C=O) groups excluding carboxylic acids is 1. The molecular formula is C20H19N5O2. The first-order valence-electron chi connectivity index (χ1n) is 8.70. The highest BCUT2D eigenvalue weighted by atomic mass is 16.5. The predicted octanol–water partition coefficient (Wildman–Crippen LogP) is 2.18. The number of benzene rings is 1. The van der Waals surface area contributed by atoms with Gasteiger partial charge in [0, 0.05) is 48.6 Å². The molecule has 0 spiro atoms. The summed E-state index contributed by atoms with van der Waals surface area (Å²) < 4.78 is 6.98. The molecule has 0 bridgehead atoms. The van der Waals surface area contributed by atoms with E-state index >= 15 is 0 Å². The second kappa shape index (κ2) is 7.00. The summed E-state index contributed by atoms with van der Waals surface area (Å²) in [5.41, 5.74) is 3.61. The average Bonchev–Trinajstić information content (AvgIpc) is 3.29. The minimum Gasteiger partial charge on any atom is -0.350 e. The van der Waals surface area contributed by atoms with Gasteiger partial charge in [0.1, 0.15) is 5.69 Å². The Balaban J connectivity index is 1.40. The topological polar surface area (TPSA) is 85.0 Å². The minimum absolute atomic E-state index is 0.107. The molecule has 3 aromatic rings. The van der Waals surface area contributed by atoms with E-state index in [9.17, 15) is 4.79 Å². The number of aryl methyl sites for hydroxylation is 1. The molecule has 1 fully saturated rings. The van der Waals surface area contributed by atoms with E-state index in [0.717, 1.165) is 29.5 Å². The van der Waals surface area contributed by atoms with Crippen LogP contribution in [0.2, 0.25) is 0 Å². The molecule has 7 nitrogen and oxygen atoms in total. The molecule has 0 saturated heterocycles. The molecule has 2 heterocycles. The Bertz CT molecular complexity index is 990. The highest BCUT2D eigenvalue weighted by molar-refractivity contribution is 5.92. The molecule has 1 aliphatic rings. The van der Waals surface area contributed by atoms with Crippen molar-refractivity contribution in [3.8, 4) is 34.9 Å². The van der Waals surface area contributed by atoms with Gasteiger partial charge in [0.05, 0.1) is 6.20 Å². The van der Waals surface area contributed by atoms with Crippen LogP contribution in [0, 0.1) is 12.5 Å². The van der Waals surface area contributed by atoms with Crippen molar-refractivity contribution in [3.63, 3.8) is 0 Å². The van der Waals surface area contributed by atoms with Gasteiger partial charge < -0.3 is 15.2 Å². The van der Waals surface area contributed by atoms with E-state index in [0.29, 0.717) is 5.69 Å². The van der Waals surface area contributed by atoms with Crippen LogP contribution < -0.4 is 10.6 Å². The largest absolute Gasteiger partial charge is 0.350 e. The highest BCUT2D eigenvalue weighted by Gasteiger charge is 2.30. The van der Waals surface area contributed by atoms with Crippen LogP contribution in [0.1, 0.15) is 23.4 Å². The van der Waals surface area contributed by atoms with Crippen LogP contribution in [-0.2, 0) is 7.05 Å². The van der Waals surface area contributed by atoms with Crippen molar-refractivity contribution in [2.45, 2.75) is 24.9 Å². The Morgan fingerprint density at radius 2 is 1.96 bits per heavy atom. The number of nitrogens with zero attached hydrogens (tertiary/aromatic N) is 3. The van der Waals surface area contributed by atoms with Gasteiger partial charge in [-0.05, 0) is 18.4 Å². The maximum absolute atomic E-state index is 12.3. The standard InChI is InChI=1S/C20H19N5O2/c1-3-21-16-8-17(9-16)23-20(26)19-10-18(24-27-19)14-6-4-13(5-7-14)15-11-22-25(2)12-15/h1,4-7,10-12,16-17,21H,8-9H2,2H3,(H,23,26). The second-order valence-electron chi connectivity index (χ2n) is 6.68. The van der Waals surface area contributed by atoms with Crippen molar-refractivity contribution in [1.82, 2.24) is 25.6 Å². The third-order valence-electron chi connectivity index (χ3n) is 4.71. The van der Waals surface area contributed by atoms with Crippen LogP contribution in [0.5, 0.6) is 0 Å². The zero-order valence-corrected chi connectivity index (χ0v) is 14.8. The third kappa shape index (κ3) is 3.55. The lowest BCUT2D eigenvalue weighted by atomic mass is 9.87. The molecule has 1 aliphatic carbocycles. The molecule has 0 atom stereocenters. The molecule has 1 aromatic carbocycles. The van der Waals surface area contributed by atoms with Crippen molar-refractivity contribution in [2.75, 3.05) is 0 Å². The fourth-order valence-electron chi connectivity index (χ4n) is 3.15. The van der Waals surface area contributed by atoms with E-state index in [2.05, 4.69) is 26.9 Å². The average molecular weight is 361 g/mol. The molecule has 7 heteroatoms. The number of rotatable bonds is 5. The second-order valence-corrected chi connectivity index (χ2v) is 6.68. The zero-order chi connectivity index (χ0) is 18.8. The maximum atomic E-state index is 12.3. The van der Waals surface area contributed by atoms with E-state index < -0.39 is 0 Å². The number of terminal acetylenes is 1. The lowest BCUT2D eigenvalue weighted by Crippen LogP contribution is -2.51. The van der Waals surface area contributed by atoms with Gasteiger partial charge in [0.25, 0.3) is 5.91 Å². The molecule has 2 aromatic heterocycles. The van der Waals surface area contributed by atoms with Gasteiger partial charge in [-0.1, -0.05) is 35.8 Å². The van der Waals surface area contributed by atoms with Crippen LogP contribution in [0.25, 0.3) is 22.4 Å². The Morgan fingerprint density at radius 1 is 1.22 bits per heavy atom. The van der Waals surface area contributed by atoms with Gasteiger partial charge in [-0.3, -0.25) is 9.48 Å². The van der Waals surface area contributed by atoms with Crippen molar-refractivity contribution < 1.29 is 9.32 Å². The molecule has 1 saturated carbocycles. The van der Waals surface area contributed by atoms with Gasteiger partial charge in [-0.15, -0.1) is 0 Å². The van der Waals surface area contributed by atoms with Gasteiger partial charge in [-0.25, -0.2) is 0 Å². The summed E-state index contributed by atoms with van der Waals surface area (Å²) in [6, 6.07) is 12.3. The van der Waals surface area contributed by atoms with Crippen LogP contribution in [0.15, 0.2) is 47.2 Å². The molecular weight excluding hydrogens is 342 g/mol. The Labute approximate surface area is 156 Å². The van der Waals surface area contributed by atoms with Crippen molar-refractivity contribution in [1.29, 1.82) is 0 Å². The number of hydrogen-bond donors (Lipinski definition) is 2. The van der Waals surface area contributed by atoms with E-state index in [1.165, 1.54) is 0 Å². The van der Waals surface area contributed by atoms with Gasteiger partial charge in [0.15, 0.2) is 0 Å². The number of hydrogen-bond acceptors (Lipinski definition) is 5. The summed E-state index contributed by atoms with van der Waals surface area (Å²) in [5, 5.41) is 14.0. The molecule has 2 N–H and O–H groups in total. The zero-order valence-electron chi connectivity index (χ0n) is 14.8. The number of aromatic nitrogens is 3. The summed E-state index contributed by atoms with van der Waals surface area (Å²) >= 11 is 0. The van der Waals surface area contributed by atoms with Crippen LogP contribution in [-0.4, -0.2) is 32.9 Å². The minimum atomic E-state index is -0.259. The summed E-state index contributed by atoms with van der Waals surface area (Å²) in [5.74, 6) is -0.0559. The first-order valence-corrected chi connectivity index (χ1v) is 8.70. The molecule has 136 valence electrons. The van der Waals surface area contributed by atoms with Crippen molar-refractivity contribution in [2.24, 2.45) is 7.05 Å². The number of nitrogens with one attached hydrogen (secondary N) is 2. The molecule has 0 unspecified atom stereocenters. The molecule has 0 radical (unpaired) electrons. The van der Waals surface area contributed by atoms with E-state index in [1.807, 2.05) is 43.7 Å². The van der Waals surface area contributed by atoms with Crippen molar-refractivity contribution >= 4 is 5.91 Å². The molecule has 27 heavy (non-hydrogen) atoms. The maximum Gasteiger partial charge on any atom is 0.290 e. The summed E-state index contributed by atoms with van der Waals surface area (Å²) in [7, 11) is 1.88. The smallest absolute Gasteiger partial charge is 0.290 e. The SMILES string of the molecule is C#CNC1CC(NC(=O)c2cc(-c3ccc(-c4cnn(C)c4)cc3)no2)C1. The summed E-state index contributed by atoms with van der Waals surface area (Å²) in [4.78, 5) is 12.3. The predicted molar refractivity (Wildman–Crippen MR) is 100 cm³/mol. The fourth-order valence-corrected chi connectivity index (χ4v) is 3.15. The highest BCUT2D eigenvalue weighted by Crippen LogP contribution is 2.25. The van der Waals surface area contributed by atoms with Crippen LogP contribution in [0.3, 0.4) is 0 Å². The molecule has 0 aliphatic heterocycles. The van der Waals surface area contributed by atoms with Gasteiger partial charge >= 0.3 is 0 Å². The van der Waals surface area contributed by atoms with Crippen molar-refractivity contribution in [3.05, 3.63) is 48.5 Å². The Morgan fingerprint density at radius 3 is 2.63 bits per heavy atom. The lowest BCUT2D eigenvalue weighted by molar-refractivity contribution is 0.0868. The first kappa shape index (κ1) is 16.9. The first-order chi connectivity index (χ1) is 13.1. The Kier molecular flexibility index (Phi) is 4.38. The quantitative estimate of drug-likeness (QED) is 0.537. The van der Waals surface area contributed by atoms with E-state index in [-0.39, 0.29) is 23.8 Å². The summed E-state index contributed by atoms with van der Waals surface area (Å²) in [6.07, 6.45) is 10.6. The monoisotopic (exact) mass is 361 g/mol. The number of carbonyl (C=O) groups is 1. The summed E-state index contributed by atoms with van der Waals surface area (Å²) in [6.45, 7) is 0. The normalized spacial score (nSPS) is 18.4. The van der Waals surface area contributed by atoms with Crippen LogP contribution in [0.4, 0.5) is 0 Å². The van der Waals surface area contributed by atoms with Crippen LogP contribution >= 0.6 is 0 Å². The van der Waals surface area contributed by atoms with E-state index in [4.69, 9.17) is 10.9 Å². The fraction of sp³-hybridized carbons (Fsp3) is 0.250. The third-order valence-corrected chi connectivity index (χ3v) is 4.71. The lowest BCUT2D eigenvalue weighted by Gasteiger charge is -2.34.